The molecule has 5 aliphatic carbocycles. The summed E-state index contributed by atoms with van der Waals surface area (Å²) in [7, 11) is 0.339. The minimum atomic E-state index is -0.591. The van der Waals surface area contributed by atoms with Crippen molar-refractivity contribution in [2.24, 2.45) is 11.8 Å². The average molecular weight is 576 g/mol. The predicted molar refractivity (Wildman–Crippen MR) is 158 cm³/mol. The lowest BCUT2D eigenvalue weighted by Crippen LogP contribution is -2.46. The fraction of sp³-hybridized carbons (Fsp3) is 0.968. The molecule has 212 valence electrons. The Hall–Kier alpha value is 0.520. The molecule has 0 saturated heterocycles. The second-order valence-corrected chi connectivity index (χ2v) is 17.9. The van der Waals surface area contributed by atoms with E-state index in [9.17, 15) is 13.6 Å². The fourth-order valence-electron chi connectivity index (χ4n) is 8.31. The number of alkyl halides is 3. The number of thioether (sulfide) groups is 1. The molecule has 0 aromatic heterocycles. The minimum Gasteiger partial charge on any atom is -0.299 e. The summed E-state index contributed by atoms with van der Waals surface area (Å²) in [6.45, 7) is 0. The van der Waals surface area contributed by atoms with Crippen molar-refractivity contribution in [2.45, 2.75) is 172 Å². The quantitative estimate of drug-likeness (QED) is 0.222. The number of ketones is 1. The van der Waals surface area contributed by atoms with Crippen molar-refractivity contribution in [1.29, 1.82) is 0 Å². The van der Waals surface area contributed by atoms with Crippen molar-refractivity contribution in [3.05, 3.63) is 0 Å². The first-order valence-corrected chi connectivity index (χ1v) is 18.6. The Morgan fingerprint density at radius 3 is 1.65 bits per heavy atom. The van der Waals surface area contributed by atoms with Crippen LogP contribution in [0.1, 0.15) is 128 Å². The van der Waals surface area contributed by atoms with Gasteiger partial charge in [0.25, 0.3) is 0 Å². The smallest absolute Gasteiger partial charge is 0.139 e. The van der Waals surface area contributed by atoms with Gasteiger partial charge in [0.2, 0.25) is 0 Å². The molecule has 0 N–H and O–H groups in total. The average Bonchev–Trinajstić information content (AvgIpc) is 2.93. The molecule has 6 heteroatoms. The summed E-state index contributed by atoms with van der Waals surface area (Å²) in [5.74, 6) is 1.06. The van der Waals surface area contributed by atoms with Gasteiger partial charge in [-0.1, -0.05) is 19.3 Å². The largest absolute Gasteiger partial charge is 0.299 e. The number of rotatable bonds is 7. The third-order valence-electron chi connectivity index (χ3n) is 10.5. The van der Waals surface area contributed by atoms with Gasteiger partial charge in [-0.3, -0.25) is 4.79 Å². The molecule has 0 spiro atoms. The maximum atomic E-state index is 13.9. The van der Waals surface area contributed by atoms with Crippen LogP contribution in [0.25, 0.3) is 0 Å². The van der Waals surface area contributed by atoms with Gasteiger partial charge < -0.3 is 0 Å². The Morgan fingerprint density at radius 2 is 1.14 bits per heavy atom. The van der Waals surface area contributed by atoms with Gasteiger partial charge in [0.1, 0.15) is 33.9 Å². The highest BCUT2D eigenvalue weighted by molar-refractivity contribution is 8.00. The maximum absolute atomic E-state index is 13.9. The fourth-order valence-corrected chi connectivity index (χ4v) is 14.5. The summed E-state index contributed by atoms with van der Waals surface area (Å²) >= 11 is 9.10. The van der Waals surface area contributed by atoms with E-state index in [1.54, 1.807) is 0 Å². The molecule has 1 nitrogen and oxygen atoms in total. The summed E-state index contributed by atoms with van der Waals surface area (Å²) in [5, 5.41) is 3.47. The Balaban J connectivity index is 1.11. The zero-order chi connectivity index (χ0) is 25.8. The summed E-state index contributed by atoms with van der Waals surface area (Å²) in [6.07, 6.45) is 20.2. The van der Waals surface area contributed by atoms with E-state index >= 15 is 0 Å². The van der Waals surface area contributed by atoms with Crippen LogP contribution in [0, 0.1) is 11.8 Å². The third kappa shape index (κ3) is 7.63. The first-order valence-electron chi connectivity index (χ1n) is 15.8. The molecule has 5 saturated carbocycles. The second-order valence-electron chi connectivity index (χ2n) is 13.0. The van der Waals surface area contributed by atoms with Crippen LogP contribution in [-0.4, -0.2) is 49.8 Å². The first kappa shape index (κ1) is 29.0. The van der Waals surface area contributed by atoms with Crippen molar-refractivity contribution in [3.63, 3.8) is 0 Å². The van der Waals surface area contributed by atoms with Crippen LogP contribution in [-0.2, 0) is 15.7 Å². The molecule has 0 aromatic rings. The third-order valence-corrected chi connectivity index (χ3v) is 16.6. The predicted octanol–water partition coefficient (Wildman–Crippen LogP) is 9.14. The summed E-state index contributed by atoms with van der Waals surface area (Å²) in [5.41, 5.74) is 0. The first-order chi connectivity index (χ1) is 18.0. The van der Waals surface area contributed by atoms with E-state index in [0.717, 1.165) is 88.7 Å². The number of hydrogen-bond acceptors (Lipinski definition) is 2. The number of halogens is 3. The molecule has 5 rings (SSSR count). The summed E-state index contributed by atoms with van der Waals surface area (Å²) < 4.78 is 27.9. The lowest BCUT2D eigenvalue weighted by atomic mass is 9.76. The van der Waals surface area contributed by atoms with Crippen molar-refractivity contribution in [3.8, 4) is 0 Å². The van der Waals surface area contributed by atoms with Crippen LogP contribution in [0.2, 0.25) is 0 Å². The molecule has 0 radical (unpaired) electrons. The molecule has 0 bridgehead atoms. The van der Waals surface area contributed by atoms with E-state index in [1.807, 2.05) is 0 Å². The monoisotopic (exact) mass is 575 g/mol. The highest BCUT2D eigenvalue weighted by atomic mass is 35.5. The van der Waals surface area contributed by atoms with Crippen LogP contribution in [0.4, 0.5) is 8.78 Å². The Morgan fingerprint density at radius 1 is 0.622 bits per heavy atom. The second kappa shape index (κ2) is 13.9. The van der Waals surface area contributed by atoms with Gasteiger partial charge in [-0.05, 0) is 120 Å². The van der Waals surface area contributed by atoms with E-state index in [0.29, 0.717) is 43.6 Å². The number of hydrogen-bond donors (Lipinski definition) is 0. The normalized spacial score (nSPS) is 43.3. The number of carbonyl (C=O) groups is 1. The molecular weight excluding hydrogens is 526 g/mol. The van der Waals surface area contributed by atoms with E-state index in [4.69, 9.17) is 11.6 Å². The Labute approximate surface area is 237 Å². The minimum absolute atomic E-state index is 0.135. The van der Waals surface area contributed by atoms with Gasteiger partial charge in [0, 0.05) is 27.7 Å². The van der Waals surface area contributed by atoms with E-state index in [1.165, 1.54) is 44.9 Å². The molecule has 37 heavy (non-hydrogen) atoms. The van der Waals surface area contributed by atoms with Gasteiger partial charge in [-0.25, -0.2) is 8.78 Å². The van der Waals surface area contributed by atoms with E-state index in [2.05, 4.69) is 11.8 Å². The van der Waals surface area contributed by atoms with Gasteiger partial charge in [-0.2, -0.15) is 11.8 Å². The van der Waals surface area contributed by atoms with Crippen LogP contribution in [0.3, 0.4) is 0 Å². The Kier molecular flexibility index (Phi) is 10.9. The lowest BCUT2D eigenvalue weighted by Gasteiger charge is -2.40. The number of carbonyl (C=O) groups excluding carboxylic acids is 1. The summed E-state index contributed by atoms with van der Waals surface area (Å²) in [4.78, 5) is 13.1. The highest BCUT2D eigenvalue weighted by Crippen LogP contribution is 2.46. The molecule has 5 fully saturated rings. The van der Waals surface area contributed by atoms with Gasteiger partial charge in [-0.15, -0.1) is 11.6 Å². The van der Waals surface area contributed by atoms with Crippen LogP contribution < -0.4 is 0 Å². The molecule has 3 unspecified atom stereocenters. The zero-order valence-electron chi connectivity index (χ0n) is 22.8. The van der Waals surface area contributed by atoms with Crippen LogP contribution >= 0.6 is 23.4 Å². The van der Waals surface area contributed by atoms with Crippen molar-refractivity contribution in [2.75, 3.05) is 0 Å². The van der Waals surface area contributed by atoms with Gasteiger partial charge in [0.05, 0.1) is 0 Å². The van der Waals surface area contributed by atoms with Crippen LogP contribution in [0.5, 0.6) is 0 Å². The van der Waals surface area contributed by atoms with Crippen molar-refractivity contribution >= 4 is 40.0 Å². The zero-order valence-corrected chi connectivity index (χ0v) is 25.2. The molecule has 0 aromatic carbocycles. The molecule has 5 aliphatic rings. The maximum Gasteiger partial charge on any atom is 0.139 e. The summed E-state index contributed by atoms with van der Waals surface area (Å²) in [6, 6.07) is 0. The van der Waals surface area contributed by atoms with E-state index < -0.39 is 12.3 Å². The topological polar surface area (TPSA) is 17.1 Å². The van der Waals surface area contributed by atoms with Crippen molar-refractivity contribution < 1.29 is 13.6 Å². The van der Waals surface area contributed by atoms with Gasteiger partial charge >= 0.3 is 0 Å². The lowest BCUT2D eigenvalue weighted by molar-refractivity contribution is -0.128. The molecule has 0 aliphatic heterocycles. The van der Waals surface area contributed by atoms with Gasteiger partial charge in [0.15, 0.2) is 0 Å². The molecule has 3 atom stereocenters. The molecule has 0 heterocycles. The highest BCUT2D eigenvalue weighted by Gasteiger charge is 2.48. The molecular formula is C31H50ClF2OS2+. The Bertz CT molecular complexity index is 688. The standard InChI is InChI=1S/C31H50ClF2OS2/c32-29-20-22(31(35)21-4-2-1-3-5-21)6-19-30(29)36-25-11-17-28(18-12-25)37(26-13-7-23(33)8-14-26)27-15-9-24(34)10-16-27/h21-30H,1-20H2/q+1. The van der Waals surface area contributed by atoms with E-state index in [-0.39, 0.29) is 11.3 Å². The number of Topliss-reactive ketones (excluding diaryl/α,β-unsaturated/α-hetero) is 1. The molecule has 0 amide bonds. The SMILES string of the molecule is O=C(C1CCCCC1)C1CCC(SC2CCC([S+](C3CCC(F)CC3)C3CCC(F)CC3)CC2)C(Cl)C1. The van der Waals surface area contributed by atoms with Crippen LogP contribution in [0.15, 0.2) is 0 Å². The van der Waals surface area contributed by atoms with Crippen molar-refractivity contribution in [1.82, 2.24) is 0 Å².